The number of benzene rings is 1. The summed E-state index contributed by atoms with van der Waals surface area (Å²) in [6.45, 7) is 3.31. The van der Waals surface area contributed by atoms with Gasteiger partial charge in [0.15, 0.2) is 0 Å². The fraction of sp³-hybridized carbons (Fsp3) is 0.250. The summed E-state index contributed by atoms with van der Waals surface area (Å²) in [5, 5.41) is 16.1. The lowest BCUT2D eigenvalue weighted by atomic mass is 9.80. The molecule has 1 aromatic rings. The van der Waals surface area contributed by atoms with Crippen molar-refractivity contribution in [3.63, 3.8) is 0 Å². The molecule has 124 valence electrons. The predicted molar refractivity (Wildman–Crippen MR) is 86.2 cm³/mol. The molecule has 0 fully saturated rings. The maximum atomic E-state index is 12.2. The minimum atomic E-state index is -1.15. The predicted octanol–water partition coefficient (Wildman–Crippen LogP) is 3.12. The number of allylic oxidation sites excluding steroid dienone is 2. The van der Waals surface area contributed by atoms with Crippen molar-refractivity contribution in [2.45, 2.75) is 19.8 Å². The van der Waals surface area contributed by atoms with E-state index in [0.717, 1.165) is 0 Å². The maximum absolute atomic E-state index is 12.2. The van der Waals surface area contributed by atoms with Gasteiger partial charge in [-0.2, -0.15) is 0 Å². The molecule has 0 aliphatic carbocycles. The summed E-state index contributed by atoms with van der Waals surface area (Å²) >= 11 is 0. The van der Waals surface area contributed by atoms with E-state index in [9.17, 15) is 14.7 Å². The maximum Gasteiger partial charge on any atom is 0.336 e. The third kappa shape index (κ3) is 3.09. The quantitative estimate of drug-likeness (QED) is 0.380. The number of methoxy groups -OCH3 is 1. The van der Waals surface area contributed by atoms with Crippen molar-refractivity contribution in [1.82, 2.24) is 5.32 Å². The van der Waals surface area contributed by atoms with Gasteiger partial charge in [-0.3, -0.25) is 0 Å². The van der Waals surface area contributed by atoms with Gasteiger partial charge < -0.3 is 15.2 Å². The molecule has 1 aliphatic heterocycles. The fourth-order valence-corrected chi connectivity index (χ4v) is 2.81. The van der Waals surface area contributed by atoms with Crippen molar-refractivity contribution >= 4 is 17.6 Å². The number of carboxylic acids is 1. The zero-order valence-corrected chi connectivity index (χ0v) is 13.4. The van der Waals surface area contributed by atoms with Gasteiger partial charge >= 0.3 is 11.9 Å². The van der Waals surface area contributed by atoms with Crippen LogP contribution in [0, 0.1) is 0 Å². The van der Waals surface area contributed by atoms with Gasteiger partial charge in [0.2, 0.25) is 0 Å². The van der Waals surface area contributed by atoms with Crippen LogP contribution in [0.3, 0.4) is 0 Å². The minimum Gasteiger partial charge on any atom is -0.478 e. The minimum absolute atomic E-state index is 0.0408. The largest absolute Gasteiger partial charge is 0.478 e. The highest BCUT2D eigenvalue weighted by Crippen LogP contribution is 2.39. The highest BCUT2D eigenvalue weighted by atomic mass is 16.5. The highest BCUT2D eigenvalue weighted by molar-refractivity contribution is 5.99. The number of azide groups is 1. The van der Waals surface area contributed by atoms with Crippen molar-refractivity contribution < 1.29 is 19.4 Å². The molecule has 8 nitrogen and oxygen atoms in total. The van der Waals surface area contributed by atoms with Gasteiger partial charge in [-0.25, -0.2) is 9.59 Å². The molecular formula is C16H16N4O4. The average molecular weight is 328 g/mol. The lowest BCUT2D eigenvalue weighted by Crippen LogP contribution is -2.31. The fourth-order valence-electron chi connectivity index (χ4n) is 2.81. The molecule has 1 heterocycles. The Morgan fingerprint density at radius 1 is 1.29 bits per heavy atom. The third-order valence-corrected chi connectivity index (χ3v) is 3.76. The molecule has 1 unspecified atom stereocenters. The SMILES string of the molecule is COC(=O)C1=C(C)NC(C)=C(C(=O)O)C1c1cccc(N=[N+]=[N-])c1. The highest BCUT2D eigenvalue weighted by Gasteiger charge is 2.36. The van der Waals surface area contributed by atoms with Crippen molar-refractivity contribution in [2.75, 3.05) is 7.11 Å². The molecule has 1 atom stereocenters. The van der Waals surface area contributed by atoms with Gasteiger partial charge in [0.25, 0.3) is 0 Å². The lowest BCUT2D eigenvalue weighted by Gasteiger charge is -2.29. The smallest absolute Gasteiger partial charge is 0.336 e. The summed E-state index contributed by atoms with van der Waals surface area (Å²) in [5.74, 6) is -2.59. The number of nitrogens with one attached hydrogen (secondary N) is 1. The number of carbonyl (C=O) groups is 2. The van der Waals surface area contributed by atoms with Gasteiger partial charge in [0, 0.05) is 22.0 Å². The standard InChI is InChI=1S/C16H16N4O4/c1-8-12(15(21)22)14(13(9(2)18-8)16(23)24-3)10-5-4-6-11(7-10)19-20-17/h4-7,14,18H,1-3H3,(H,21,22). The van der Waals surface area contributed by atoms with Crippen LogP contribution in [0.15, 0.2) is 51.9 Å². The molecule has 0 saturated carbocycles. The van der Waals surface area contributed by atoms with Crippen LogP contribution in [-0.2, 0) is 14.3 Å². The molecule has 0 spiro atoms. The van der Waals surface area contributed by atoms with Crippen LogP contribution in [0.5, 0.6) is 0 Å². The van der Waals surface area contributed by atoms with E-state index in [1.54, 1.807) is 38.1 Å². The van der Waals surface area contributed by atoms with Crippen LogP contribution in [-0.4, -0.2) is 24.2 Å². The Balaban J connectivity index is 2.71. The van der Waals surface area contributed by atoms with Crippen LogP contribution in [0.1, 0.15) is 25.3 Å². The third-order valence-electron chi connectivity index (χ3n) is 3.76. The number of esters is 1. The molecule has 0 radical (unpaired) electrons. The van der Waals surface area contributed by atoms with Crippen LogP contribution in [0.25, 0.3) is 10.4 Å². The number of hydrogen-bond acceptors (Lipinski definition) is 5. The Kier molecular flexibility index (Phi) is 4.91. The van der Waals surface area contributed by atoms with Gasteiger partial charge in [0.05, 0.1) is 24.2 Å². The number of carbonyl (C=O) groups excluding carboxylic acids is 1. The topological polar surface area (TPSA) is 124 Å². The second-order valence-corrected chi connectivity index (χ2v) is 5.22. The summed E-state index contributed by atoms with van der Waals surface area (Å²) in [5.41, 5.74) is 10.6. The van der Waals surface area contributed by atoms with Gasteiger partial charge in [-0.1, -0.05) is 23.3 Å². The van der Waals surface area contributed by atoms with Crippen molar-refractivity contribution in [3.8, 4) is 0 Å². The molecule has 8 heteroatoms. The first-order valence-electron chi connectivity index (χ1n) is 7.06. The van der Waals surface area contributed by atoms with Crippen molar-refractivity contribution in [3.05, 3.63) is 62.8 Å². The Bertz CT molecular complexity index is 819. The number of ether oxygens (including phenoxy) is 1. The lowest BCUT2D eigenvalue weighted by molar-refractivity contribution is -0.136. The zero-order valence-electron chi connectivity index (χ0n) is 13.4. The van der Waals surface area contributed by atoms with Crippen molar-refractivity contribution in [2.24, 2.45) is 5.11 Å². The van der Waals surface area contributed by atoms with E-state index in [-0.39, 0.29) is 11.1 Å². The molecule has 1 aromatic carbocycles. The number of hydrogen-bond donors (Lipinski definition) is 2. The second-order valence-electron chi connectivity index (χ2n) is 5.22. The van der Waals surface area contributed by atoms with Crippen LogP contribution < -0.4 is 5.32 Å². The average Bonchev–Trinajstić information content (AvgIpc) is 2.53. The summed E-state index contributed by atoms with van der Waals surface area (Å²) in [4.78, 5) is 26.7. The van der Waals surface area contributed by atoms with E-state index in [0.29, 0.717) is 22.6 Å². The molecule has 1 aliphatic rings. The van der Waals surface area contributed by atoms with Gasteiger partial charge in [-0.05, 0) is 31.0 Å². The number of carboxylic acid groups (broad SMARTS) is 1. The van der Waals surface area contributed by atoms with E-state index >= 15 is 0 Å². The van der Waals surface area contributed by atoms with E-state index < -0.39 is 17.9 Å². The zero-order chi connectivity index (χ0) is 17.9. The first-order chi connectivity index (χ1) is 11.4. The van der Waals surface area contributed by atoms with E-state index in [2.05, 4.69) is 15.3 Å². The summed E-state index contributed by atoms with van der Waals surface area (Å²) in [6.07, 6.45) is 0. The summed E-state index contributed by atoms with van der Waals surface area (Å²) in [7, 11) is 1.24. The summed E-state index contributed by atoms with van der Waals surface area (Å²) < 4.78 is 4.82. The molecule has 2 N–H and O–H groups in total. The molecule has 24 heavy (non-hydrogen) atoms. The number of dihydropyridines is 1. The van der Waals surface area contributed by atoms with Crippen molar-refractivity contribution in [1.29, 1.82) is 0 Å². The number of aliphatic carboxylic acids is 1. The second kappa shape index (κ2) is 6.89. The number of rotatable bonds is 4. The van der Waals surface area contributed by atoms with Crippen LogP contribution in [0.4, 0.5) is 5.69 Å². The molecule has 2 rings (SSSR count). The molecule has 0 saturated heterocycles. The van der Waals surface area contributed by atoms with E-state index in [1.807, 2.05) is 0 Å². The van der Waals surface area contributed by atoms with Crippen LogP contribution in [0.2, 0.25) is 0 Å². The van der Waals surface area contributed by atoms with Gasteiger partial charge in [0.1, 0.15) is 0 Å². The first kappa shape index (κ1) is 17.1. The Labute approximate surface area is 138 Å². The van der Waals surface area contributed by atoms with Gasteiger partial charge in [-0.15, -0.1) is 0 Å². The molecular weight excluding hydrogens is 312 g/mol. The first-order valence-corrected chi connectivity index (χ1v) is 7.06. The Morgan fingerprint density at radius 2 is 1.96 bits per heavy atom. The normalized spacial score (nSPS) is 17.0. The number of nitrogens with zero attached hydrogens (tertiary/aromatic N) is 3. The van der Waals surface area contributed by atoms with E-state index in [4.69, 9.17) is 10.3 Å². The monoisotopic (exact) mass is 328 g/mol. The Hall–Kier alpha value is -3.25. The Morgan fingerprint density at radius 3 is 2.54 bits per heavy atom. The molecule has 0 amide bonds. The summed E-state index contributed by atoms with van der Waals surface area (Å²) in [6, 6.07) is 6.47. The molecule has 0 bridgehead atoms. The molecule has 0 aromatic heterocycles. The van der Waals surface area contributed by atoms with Crippen LogP contribution >= 0.6 is 0 Å². The van der Waals surface area contributed by atoms with E-state index in [1.165, 1.54) is 7.11 Å².